The smallest absolute Gasteiger partial charge is 0.231 e. The summed E-state index contributed by atoms with van der Waals surface area (Å²) in [6.45, 7) is 5.07. The van der Waals surface area contributed by atoms with E-state index in [0.717, 1.165) is 4.47 Å². The summed E-state index contributed by atoms with van der Waals surface area (Å²) in [7, 11) is 0. The Kier molecular flexibility index (Phi) is 6.18. The molecule has 0 radical (unpaired) electrons. The Morgan fingerprint density at radius 1 is 1.21 bits per heavy atom. The first kappa shape index (κ1) is 15.9. The van der Waals surface area contributed by atoms with Crippen molar-refractivity contribution in [2.45, 2.75) is 13.8 Å². The highest BCUT2D eigenvalue weighted by molar-refractivity contribution is 9.10. The number of Topliss-reactive ketones (excluding diaryl/α,β-unsaturated/α-hetero) is 1. The molecule has 0 atom stereocenters. The molecule has 4 nitrogen and oxygen atoms in total. The van der Waals surface area contributed by atoms with Gasteiger partial charge in [0.05, 0.1) is 13.1 Å². The first-order valence-electron chi connectivity index (χ1n) is 6.18. The summed E-state index contributed by atoms with van der Waals surface area (Å²) in [5.74, 6) is -0.0456. The molecule has 0 heterocycles. The molecule has 1 amide bonds. The van der Waals surface area contributed by atoms with Gasteiger partial charge in [-0.05, 0) is 18.1 Å². The van der Waals surface area contributed by atoms with E-state index in [2.05, 4.69) is 15.9 Å². The minimum Gasteiger partial charge on any atom is -0.369 e. The molecule has 0 saturated carbocycles. The van der Waals surface area contributed by atoms with Crippen LogP contribution in [0.1, 0.15) is 24.2 Å². The number of carbonyl (C=O) groups excluding carboxylic acids is 2. The number of primary amides is 1. The average Bonchev–Trinajstić information content (AvgIpc) is 2.27. The van der Waals surface area contributed by atoms with Gasteiger partial charge >= 0.3 is 0 Å². The van der Waals surface area contributed by atoms with E-state index >= 15 is 0 Å². The number of rotatable bonds is 7. The molecule has 0 aromatic heterocycles. The van der Waals surface area contributed by atoms with Crippen LogP contribution in [0.25, 0.3) is 0 Å². The summed E-state index contributed by atoms with van der Waals surface area (Å²) in [6, 6.07) is 7.19. The van der Waals surface area contributed by atoms with Gasteiger partial charge in [0.1, 0.15) is 0 Å². The maximum atomic E-state index is 12.1. The zero-order valence-corrected chi connectivity index (χ0v) is 12.8. The summed E-state index contributed by atoms with van der Waals surface area (Å²) in [5, 5.41) is 0. The fraction of sp³-hybridized carbons (Fsp3) is 0.429. The maximum absolute atomic E-state index is 12.1. The first-order chi connectivity index (χ1) is 8.88. The Morgan fingerprint density at radius 2 is 1.79 bits per heavy atom. The number of hydrogen-bond donors (Lipinski definition) is 1. The van der Waals surface area contributed by atoms with E-state index in [-0.39, 0.29) is 18.9 Å². The van der Waals surface area contributed by atoms with E-state index in [0.29, 0.717) is 18.0 Å². The predicted octanol–water partition coefficient (Wildman–Crippen LogP) is 2.08. The zero-order valence-electron chi connectivity index (χ0n) is 11.2. The molecule has 0 aliphatic carbocycles. The minimum atomic E-state index is -0.413. The van der Waals surface area contributed by atoms with Crippen molar-refractivity contribution in [3.8, 4) is 0 Å². The molecule has 5 heteroatoms. The topological polar surface area (TPSA) is 63.4 Å². The summed E-state index contributed by atoms with van der Waals surface area (Å²) in [6.07, 6.45) is 0. The van der Waals surface area contributed by atoms with Crippen molar-refractivity contribution in [1.82, 2.24) is 4.90 Å². The van der Waals surface area contributed by atoms with E-state index < -0.39 is 5.91 Å². The molecule has 1 aromatic carbocycles. The molecule has 1 aromatic rings. The van der Waals surface area contributed by atoms with E-state index in [4.69, 9.17) is 5.73 Å². The van der Waals surface area contributed by atoms with Crippen molar-refractivity contribution in [3.63, 3.8) is 0 Å². The molecule has 1 rings (SSSR count). The van der Waals surface area contributed by atoms with Crippen LogP contribution in [-0.2, 0) is 4.79 Å². The Hall–Kier alpha value is -1.20. The van der Waals surface area contributed by atoms with Crippen LogP contribution in [0.2, 0.25) is 0 Å². The van der Waals surface area contributed by atoms with Gasteiger partial charge in [0.25, 0.3) is 0 Å². The number of nitrogens with two attached hydrogens (primary N) is 1. The van der Waals surface area contributed by atoms with Crippen LogP contribution in [0.3, 0.4) is 0 Å². The molecule has 19 heavy (non-hydrogen) atoms. The molecule has 0 saturated heterocycles. The second-order valence-corrected chi connectivity index (χ2v) is 5.88. The van der Waals surface area contributed by atoms with Gasteiger partial charge in [-0.1, -0.05) is 41.9 Å². The fourth-order valence-electron chi connectivity index (χ4n) is 1.85. The summed E-state index contributed by atoms with van der Waals surface area (Å²) >= 11 is 3.33. The van der Waals surface area contributed by atoms with Crippen molar-refractivity contribution in [2.75, 3.05) is 19.6 Å². The molecular weight excluding hydrogens is 308 g/mol. The number of carbonyl (C=O) groups is 2. The van der Waals surface area contributed by atoms with Crippen LogP contribution >= 0.6 is 15.9 Å². The number of amides is 1. The molecule has 0 fully saturated rings. The van der Waals surface area contributed by atoms with Crippen LogP contribution in [0.15, 0.2) is 28.7 Å². The average molecular weight is 327 g/mol. The van der Waals surface area contributed by atoms with Gasteiger partial charge in [0.2, 0.25) is 5.91 Å². The third-order valence-corrected chi connectivity index (χ3v) is 3.06. The molecule has 0 aliphatic rings. The number of nitrogens with zero attached hydrogens (tertiary/aromatic N) is 1. The summed E-state index contributed by atoms with van der Waals surface area (Å²) in [4.78, 5) is 24.9. The number of ketones is 1. The molecule has 0 bridgehead atoms. The lowest BCUT2D eigenvalue weighted by Gasteiger charge is -2.21. The van der Waals surface area contributed by atoms with Crippen LogP contribution < -0.4 is 5.73 Å². The molecule has 0 aliphatic heterocycles. The Morgan fingerprint density at radius 3 is 2.26 bits per heavy atom. The molecular formula is C14H19BrN2O2. The second-order valence-electron chi connectivity index (χ2n) is 4.96. The number of benzene rings is 1. The standard InChI is InChI=1S/C14H19BrN2O2/c1-10(2)7-17(9-14(16)19)8-13(18)11-3-5-12(15)6-4-11/h3-6,10H,7-9H2,1-2H3,(H2,16,19). The Bertz CT molecular complexity index is 443. The summed E-state index contributed by atoms with van der Waals surface area (Å²) < 4.78 is 0.931. The van der Waals surface area contributed by atoms with Crippen LogP contribution in [0.5, 0.6) is 0 Å². The van der Waals surface area contributed by atoms with Crippen molar-refractivity contribution >= 4 is 27.6 Å². The minimum absolute atomic E-state index is 0.00519. The van der Waals surface area contributed by atoms with Gasteiger partial charge in [-0.15, -0.1) is 0 Å². The molecule has 0 unspecified atom stereocenters. The fourth-order valence-corrected chi connectivity index (χ4v) is 2.12. The summed E-state index contributed by atoms with van der Waals surface area (Å²) in [5.41, 5.74) is 5.85. The van der Waals surface area contributed by atoms with E-state index in [1.807, 2.05) is 26.0 Å². The lowest BCUT2D eigenvalue weighted by Crippen LogP contribution is -2.39. The van der Waals surface area contributed by atoms with Gasteiger partial charge < -0.3 is 5.73 Å². The number of halogens is 1. The highest BCUT2D eigenvalue weighted by Gasteiger charge is 2.15. The van der Waals surface area contributed by atoms with Crippen molar-refractivity contribution < 1.29 is 9.59 Å². The highest BCUT2D eigenvalue weighted by Crippen LogP contribution is 2.11. The maximum Gasteiger partial charge on any atom is 0.231 e. The van der Waals surface area contributed by atoms with E-state index in [9.17, 15) is 9.59 Å². The van der Waals surface area contributed by atoms with Crippen LogP contribution in [0, 0.1) is 5.92 Å². The van der Waals surface area contributed by atoms with Gasteiger partial charge in [-0.2, -0.15) is 0 Å². The lowest BCUT2D eigenvalue weighted by atomic mass is 10.1. The van der Waals surface area contributed by atoms with Gasteiger partial charge in [0.15, 0.2) is 5.78 Å². The van der Waals surface area contributed by atoms with Crippen LogP contribution in [-0.4, -0.2) is 36.2 Å². The monoisotopic (exact) mass is 326 g/mol. The normalized spacial score (nSPS) is 11.0. The predicted molar refractivity (Wildman–Crippen MR) is 78.9 cm³/mol. The van der Waals surface area contributed by atoms with Crippen molar-refractivity contribution in [3.05, 3.63) is 34.3 Å². The largest absolute Gasteiger partial charge is 0.369 e. The van der Waals surface area contributed by atoms with Crippen molar-refractivity contribution in [1.29, 1.82) is 0 Å². The van der Waals surface area contributed by atoms with Gasteiger partial charge in [0, 0.05) is 16.6 Å². The first-order valence-corrected chi connectivity index (χ1v) is 6.97. The van der Waals surface area contributed by atoms with Crippen molar-refractivity contribution in [2.24, 2.45) is 11.7 Å². The second kappa shape index (κ2) is 7.40. The lowest BCUT2D eigenvalue weighted by molar-refractivity contribution is -0.119. The van der Waals surface area contributed by atoms with Crippen LogP contribution in [0.4, 0.5) is 0 Å². The van der Waals surface area contributed by atoms with Gasteiger partial charge in [-0.3, -0.25) is 14.5 Å². The van der Waals surface area contributed by atoms with E-state index in [1.165, 1.54) is 0 Å². The van der Waals surface area contributed by atoms with Gasteiger partial charge in [-0.25, -0.2) is 0 Å². The Balaban J connectivity index is 2.69. The highest BCUT2D eigenvalue weighted by atomic mass is 79.9. The molecule has 104 valence electrons. The third kappa shape index (κ3) is 5.98. The Labute approximate surface area is 122 Å². The molecule has 0 spiro atoms. The quantitative estimate of drug-likeness (QED) is 0.780. The third-order valence-electron chi connectivity index (χ3n) is 2.54. The SMILES string of the molecule is CC(C)CN(CC(N)=O)CC(=O)c1ccc(Br)cc1. The molecule has 2 N–H and O–H groups in total. The van der Waals surface area contributed by atoms with E-state index in [1.54, 1.807) is 17.0 Å². The number of hydrogen-bond acceptors (Lipinski definition) is 3. The zero-order chi connectivity index (χ0) is 14.4.